The lowest BCUT2D eigenvalue weighted by Crippen LogP contribution is -2.26. The van der Waals surface area contributed by atoms with E-state index in [0.717, 1.165) is 5.56 Å². The van der Waals surface area contributed by atoms with Crippen LogP contribution in [0.4, 0.5) is 4.79 Å². The predicted molar refractivity (Wildman–Crippen MR) is 86.1 cm³/mol. The molecule has 0 atom stereocenters. The topological polar surface area (TPSA) is 119 Å². The van der Waals surface area contributed by atoms with E-state index in [4.69, 9.17) is 9.84 Å². The molecule has 9 nitrogen and oxygen atoms in total. The fraction of sp³-hybridized carbons (Fsp3) is 0.188. The molecule has 0 radical (unpaired) electrons. The molecule has 0 saturated carbocycles. The molecule has 3 rings (SSSR count). The van der Waals surface area contributed by atoms with Crippen molar-refractivity contribution in [3.05, 3.63) is 59.7 Å². The highest BCUT2D eigenvalue weighted by Gasteiger charge is 2.09. The van der Waals surface area contributed by atoms with Gasteiger partial charge in [0, 0.05) is 25.4 Å². The Kier molecular flexibility index (Phi) is 4.84. The van der Waals surface area contributed by atoms with Gasteiger partial charge in [0.1, 0.15) is 6.61 Å². The van der Waals surface area contributed by atoms with Crippen molar-refractivity contribution in [2.45, 2.75) is 13.0 Å². The SMILES string of the molecule is O=C(NCCc1nc2ncc(C(=O)O)cn2n1)OCc1ccccc1. The maximum atomic E-state index is 11.6. The van der Waals surface area contributed by atoms with Crippen molar-refractivity contribution >= 4 is 17.8 Å². The van der Waals surface area contributed by atoms with Crippen LogP contribution in [0.3, 0.4) is 0 Å². The highest BCUT2D eigenvalue weighted by Crippen LogP contribution is 2.03. The summed E-state index contributed by atoms with van der Waals surface area (Å²) in [5.41, 5.74) is 0.923. The van der Waals surface area contributed by atoms with E-state index < -0.39 is 12.1 Å². The van der Waals surface area contributed by atoms with E-state index in [9.17, 15) is 9.59 Å². The molecule has 128 valence electrons. The lowest BCUT2D eigenvalue weighted by molar-refractivity contribution is 0.0695. The number of hydrogen-bond donors (Lipinski definition) is 2. The minimum Gasteiger partial charge on any atom is -0.478 e. The molecule has 1 aromatic carbocycles. The average Bonchev–Trinajstić information content (AvgIpc) is 3.02. The van der Waals surface area contributed by atoms with E-state index in [1.807, 2.05) is 30.3 Å². The molecule has 2 N–H and O–H groups in total. The highest BCUT2D eigenvalue weighted by atomic mass is 16.5. The third kappa shape index (κ3) is 4.28. The van der Waals surface area contributed by atoms with Gasteiger partial charge in [-0.15, -0.1) is 5.10 Å². The van der Waals surface area contributed by atoms with Crippen molar-refractivity contribution < 1.29 is 19.4 Å². The Morgan fingerprint density at radius 1 is 1.24 bits per heavy atom. The number of benzene rings is 1. The van der Waals surface area contributed by atoms with E-state index in [-0.39, 0.29) is 18.7 Å². The molecule has 3 aromatic rings. The molecule has 0 unspecified atom stereocenters. The second kappa shape index (κ2) is 7.39. The molecule has 1 amide bonds. The summed E-state index contributed by atoms with van der Waals surface area (Å²) >= 11 is 0. The van der Waals surface area contributed by atoms with Crippen LogP contribution in [0.25, 0.3) is 5.78 Å². The number of carboxylic acid groups (broad SMARTS) is 1. The number of rotatable bonds is 6. The first-order valence-corrected chi connectivity index (χ1v) is 7.51. The quantitative estimate of drug-likeness (QED) is 0.693. The molecule has 0 aliphatic carbocycles. The van der Waals surface area contributed by atoms with Gasteiger partial charge in [-0.3, -0.25) is 0 Å². The van der Waals surface area contributed by atoms with Gasteiger partial charge in [0.15, 0.2) is 5.82 Å². The van der Waals surface area contributed by atoms with Crippen LogP contribution in [0.15, 0.2) is 42.7 Å². The largest absolute Gasteiger partial charge is 0.478 e. The standard InChI is InChI=1S/C16H15N5O4/c22-14(23)12-8-18-15-19-13(20-21(15)9-12)6-7-17-16(24)25-10-11-4-2-1-3-5-11/h1-5,8-9H,6-7,10H2,(H,17,24)(H,22,23). The summed E-state index contributed by atoms with van der Waals surface area (Å²) in [7, 11) is 0. The number of nitrogens with one attached hydrogen (secondary N) is 1. The zero-order valence-corrected chi connectivity index (χ0v) is 13.1. The maximum Gasteiger partial charge on any atom is 0.407 e. The lowest BCUT2D eigenvalue weighted by Gasteiger charge is -2.05. The number of aromatic nitrogens is 4. The minimum atomic E-state index is -1.09. The van der Waals surface area contributed by atoms with Crippen LogP contribution in [0.5, 0.6) is 0 Å². The number of ether oxygens (including phenoxy) is 1. The first kappa shape index (κ1) is 16.4. The number of carboxylic acids is 1. The monoisotopic (exact) mass is 341 g/mol. The number of alkyl carbamates (subject to hydrolysis) is 1. The van der Waals surface area contributed by atoms with Crippen LogP contribution < -0.4 is 5.32 Å². The second-order valence-electron chi connectivity index (χ2n) is 5.16. The fourth-order valence-corrected chi connectivity index (χ4v) is 2.09. The molecule has 2 heterocycles. The van der Waals surface area contributed by atoms with Crippen molar-refractivity contribution in [3.8, 4) is 0 Å². The van der Waals surface area contributed by atoms with Crippen molar-refractivity contribution in [3.63, 3.8) is 0 Å². The molecule has 0 aliphatic heterocycles. The molecule has 0 aliphatic rings. The third-order valence-electron chi connectivity index (χ3n) is 3.32. The second-order valence-corrected chi connectivity index (χ2v) is 5.16. The van der Waals surface area contributed by atoms with Gasteiger partial charge < -0.3 is 15.2 Å². The van der Waals surface area contributed by atoms with Crippen molar-refractivity contribution in [2.24, 2.45) is 0 Å². The van der Waals surface area contributed by atoms with Crippen LogP contribution >= 0.6 is 0 Å². The molecule has 0 fully saturated rings. The summed E-state index contributed by atoms with van der Waals surface area (Å²) in [5.74, 6) is -0.348. The lowest BCUT2D eigenvalue weighted by atomic mass is 10.2. The van der Waals surface area contributed by atoms with Gasteiger partial charge in [-0.2, -0.15) is 4.98 Å². The zero-order chi connectivity index (χ0) is 17.6. The molecular formula is C16H15N5O4. The van der Waals surface area contributed by atoms with E-state index in [1.165, 1.54) is 16.9 Å². The summed E-state index contributed by atoms with van der Waals surface area (Å²) in [5, 5.41) is 15.7. The zero-order valence-electron chi connectivity index (χ0n) is 13.1. The van der Waals surface area contributed by atoms with Crippen LogP contribution in [0.2, 0.25) is 0 Å². The van der Waals surface area contributed by atoms with Crippen molar-refractivity contribution in [1.29, 1.82) is 0 Å². The Morgan fingerprint density at radius 3 is 2.80 bits per heavy atom. The van der Waals surface area contributed by atoms with Gasteiger partial charge in [-0.1, -0.05) is 30.3 Å². The molecule has 0 bridgehead atoms. The van der Waals surface area contributed by atoms with E-state index in [2.05, 4.69) is 20.4 Å². The average molecular weight is 341 g/mol. The molecule has 0 spiro atoms. The van der Waals surface area contributed by atoms with Crippen molar-refractivity contribution in [2.75, 3.05) is 6.54 Å². The van der Waals surface area contributed by atoms with Crippen LogP contribution in [0.1, 0.15) is 21.7 Å². The highest BCUT2D eigenvalue weighted by molar-refractivity contribution is 5.86. The van der Waals surface area contributed by atoms with Crippen LogP contribution in [0, 0.1) is 0 Å². The fourth-order valence-electron chi connectivity index (χ4n) is 2.09. The molecule has 9 heteroatoms. The summed E-state index contributed by atoms with van der Waals surface area (Å²) in [6.07, 6.45) is 2.39. The van der Waals surface area contributed by atoms with E-state index in [0.29, 0.717) is 18.0 Å². The predicted octanol–water partition coefficient (Wildman–Crippen LogP) is 1.29. The Bertz CT molecular complexity index is 894. The number of hydrogen-bond acceptors (Lipinski definition) is 6. The van der Waals surface area contributed by atoms with Gasteiger partial charge in [-0.25, -0.2) is 19.1 Å². The number of carbonyl (C=O) groups is 2. The Balaban J connectivity index is 1.49. The molecule has 2 aromatic heterocycles. The van der Waals surface area contributed by atoms with Gasteiger partial charge in [0.2, 0.25) is 0 Å². The number of fused-ring (bicyclic) bond motifs is 1. The van der Waals surface area contributed by atoms with Crippen LogP contribution in [-0.4, -0.2) is 43.3 Å². The molecular weight excluding hydrogens is 326 g/mol. The molecule has 0 saturated heterocycles. The summed E-state index contributed by atoms with van der Waals surface area (Å²) in [6, 6.07) is 9.36. The number of amides is 1. The summed E-state index contributed by atoms with van der Waals surface area (Å²) < 4.78 is 6.39. The Labute approximate surface area is 142 Å². The molecule has 25 heavy (non-hydrogen) atoms. The van der Waals surface area contributed by atoms with E-state index >= 15 is 0 Å². The Morgan fingerprint density at radius 2 is 2.04 bits per heavy atom. The van der Waals surface area contributed by atoms with Crippen LogP contribution in [-0.2, 0) is 17.8 Å². The number of nitrogens with zero attached hydrogens (tertiary/aromatic N) is 4. The number of carbonyl (C=O) groups excluding carboxylic acids is 1. The first-order chi connectivity index (χ1) is 12.1. The summed E-state index contributed by atoms with van der Waals surface area (Å²) in [4.78, 5) is 30.6. The van der Waals surface area contributed by atoms with Crippen molar-refractivity contribution in [1.82, 2.24) is 24.9 Å². The number of aromatic carboxylic acids is 1. The first-order valence-electron chi connectivity index (χ1n) is 7.51. The Hall–Kier alpha value is -3.49. The van der Waals surface area contributed by atoms with Gasteiger partial charge >= 0.3 is 12.1 Å². The minimum absolute atomic E-state index is 0.0200. The normalized spacial score (nSPS) is 10.6. The smallest absolute Gasteiger partial charge is 0.407 e. The summed E-state index contributed by atoms with van der Waals surface area (Å²) in [6.45, 7) is 0.484. The maximum absolute atomic E-state index is 11.6. The van der Waals surface area contributed by atoms with E-state index in [1.54, 1.807) is 0 Å². The van der Waals surface area contributed by atoms with Gasteiger partial charge in [0.05, 0.1) is 5.56 Å². The van der Waals surface area contributed by atoms with Gasteiger partial charge in [0.25, 0.3) is 5.78 Å². The van der Waals surface area contributed by atoms with Gasteiger partial charge in [-0.05, 0) is 5.56 Å². The third-order valence-corrected chi connectivity index (χ3v) is 3.32.